The fraction of sp³-hybridized carbons (Fsp3) is 0.450. The van der Waals surface area contributed by atoms with E-state index in [-0.39, 0.29) is 17.3 Å². The molecule has 4 nitrogen and oxygen atoms in total. The molecule has 1 atom stereocenters. The number of fused-ring (bicyclic) bond motifs is 1. The zero-order chi connectivity index (χ0) is 17.8. The Bertz CT molecular complexity index is 828. The second-order valence-electron chi connectivity index (χ2n) is 6.51. The van der Waals surface area contributed by atoms with Crippen molar-refractivity contribution in [2.45, 2.75) is 44.3 Å². The van der Waals surface area contributed by atoms with Gasteiger partial charge in [-0.25, -0.2) is 0 Å². The van der Waals surface area contributed by atoms with Gasteiger partial charge in [0, 0.05) is 27.9 Å². The number of hydrogen-bond acceptors (Lipinski definition) is 4. The number of aryl methyl sites for hydroxylation is 1. The molecule has 0 spiro atoms. The van der Waals surface area contributed by atoms with Crippen LogP contribution in [-0.4, -0.2) is 27.6 Å². The monoisotopic (exact) mass is 354 g/mol. The lowest BCUT2D eigenvalue weighted by Gasteiger charge is -2.10. The van der Waals surface area contributed by atoms with E-state index in [9.17, 15) is 14.9 Å². The zero-order valence-corrected chi connectivity index (χ0v) is 15.2. The van der Waals surface area contributed by atoms with E-state index in [0.29, 0.717) is 10.8 Å². The highest BCUT2D eigenvalue weighted by atomic mass is 32.2. The highest BCUT2D eigenvalue weighted by Crippen LogP contribution is 2.30. The predicted molar refractivity (Wildman–Crippen MR) is 101 cm³/mol. The molecule has 1 N–H and O–H groups in total. The number of thioether (sulfide) groups is 1. The highest BCUT2D eigenvalue weighted by Gasteiger charge is 2.30. The minimum absolute atomic E-state index is 0.247. The Morgan fingerprint density at radius 3 is 2.80 bits per heavy atom. The number of nitriles is 1. The Morgan fingerprint density at radius 2 is 2.12 bits per heavy atom. The van der Waals surface area contributed by atoms with Crippen LogP contribution in [0.5, 0.6) is 0 Å². The van der Waals surface area contributed by atoms with Gasteiger partial charge in [0.1, 0.15) is 0 Å². The molecule has 0 saturated heterocycles. The van der Waals surface area contributed by atoms with E-state index in [2.05, 4.69) is 11.9 Å². The van der Waals surface area contributed by atoms with Gasteiger partial charge in [-0.3, -0.25) is 9.59 Å². The molecule has 5 heteroatoms. The van der Waals surface area contributed by atoms with Crippen molar-refractivity contribution in [3.05, 3.63) is 35.5 Å². The van der Waals surface area contributed by atoms with E-state index in [1.807, 2.05) is 24.3 Å². The predicted octanol–water partition coefficient (Wildman–Crippen LogP) is 4.30. The number of benzene rings is 1. The first-order valence-corrected chi connectivity index (χ1v) is 9.87. The van der Waals surface area contributed by atoms with Crippen molar-refractivity contribution in [3.63, 3.8) is 0 Å². The van der Waals surface area contributed by atoms with Gasteiger partial charge < -0.3 is 4.98 Å². The van der Waals surface area contributed by atoms with Crippen molar-refractivity contribution < 1.29 is 9.59 Å². The minimum atomic E-state index is -1.21. The third kappa shape index (κ3) is 3.64. The molecule has 1 heterocycles. The van der Waals surface area contributed by atoms with E-state index in [4.69, 9.17) is 0 Å². The first kappa shape index (κ1) is 17.8. The van der Waals surface area contributed by atoms with Crippen molar-refractivity contribution in [1.29, 1.82) is 5.26 Å². The molecule has 1 aliphatic carbocycles. The van der Waals surface area contributed by atoms with Crippen LogP contribution in [0.1, 0.15) is 48.5 Å². The molecule has 0 aliphatic heterocycles. The number of nitrogens with zero attached hydrogens (tertiary/aromatic N) is 1. The van der Waals surface area contributed by atoms with Gasteiger partial charge in [0.25, 0.3) is 0 Å². The van der Waals surface area contributed by atoms with E-state index in [0.717, 1.165) is 35.7 Å². The van der Waals surface area contributed by atoms with Gasteiger partial charge in [-0.05, 0) is 24.8 Å². The number of Topliss-reactive ketones (excluding diaryl/α,β-unsaturated/α-hetero) is 2. The summed E-state index contributed by atoms with van der Waals surface area (Å²) >= 11 is 1.60. The minimum Gasteiger partial charge on any atom is -0.360 e. The van der Waals surface area contributed by atoms with Crippen LogP contribution in [0.15, 0.2) is 24.4 Å². The van der Waals surface area contributed by atoms with Crippen LogP contribution in [0.2, 0.25) is 0 Å². The van der Waals surface area contributed by atoms with E-state index < -0.39 is 5.92 Å². The molecular weight excluding hydrogens is 332 g/mol. The largest absolute Gasteiger partial charge is 0.360 e. The van der Waals surface area contributed by atoms with Crippen molar-refractivity contribution in [2.24, 2.45) is 5.92 Å². The summed E-state index contributed by atoms with van der Waals surface area (Å²) in [5, 5.41) is 10.7. The Labute approximate surface area is 152 Å². The van der Waals surface area contributed by atoms with Crippen LogP contribution in [0.25, 0.3) is 10.9 Å². The molecule has 2 aromatic rings. The molecule has 0 amide bonds. The summed E-state index contributed by atoms with van der Waals surface area (Å²) in [6.07, 6.45) is 7.16. The van der Waals surface area contributed by atoms with Gasteiger partial charge in [0.15, 0.2) is 17.5 Å². The number of para-hydroxylation sites is 1. The Hall–Kier alpha value is -2.06. The Morgan fingerprint density at radius 1 is 1.36 bits per heavy atom. The SMILES string of the molecule is CCc1cccc2c(C(=O)[C@@H](C#N)C(=O)CSC3CCCC3)c[nH]c12. The zero-order valence-electron chi connectivity index (χ0n) is 14.4. The molecule has 1 aromatic heterocycles. The van der Waals surface area contributed by atoms with Crippen LogP contribution in [-0.2, 0) is 11.2 Å². The molecule has 0 unspecified atom stereocenters. The van der Waals surface area contributed by atoms with E-state index in [1.54, 1.807) is 18.0 Å². The fourth-order valence-corrected chi connectivity index (χ4v) is 4.72. The lowest BCUT2D eigenvalue weighted by molar-refractivity contribution is -0.117. The van der Waals surface area contributed by atoms with Crippen molar-refractivity contribution in [2.75, 3.05) is 5.75 Å². The lowest BCUT2D eigenvalue weighted by atomic mass is 9.94. The van der Waals surface area contributed by atoms with Gasteiger partial charge >= 0.3 is 0 Å². The lowest BCUT2D eigenvalue weighted by Crippen LogP contribution is -2.25. The summed E-state index contributed by atoms with van der Waals surface area (Å²) in [4.78, 5) is 28.4. The highest BCUT2D eigenvalue weighted by molar-refractivity contribution is 8.00. The van der Waals surface area contributed by atoms with Crippen molar-refractivity contribution in [3.8, 4) is 6.07 Å². The van der Waals surface area contributed by atoms with Crippen LogP contribution in [0.4, 0.5) is 0 Å². The summed E-state index contributed by atoms with van der Waals surface area (Å²) in [7, 11) is 0. The van der Waals surface area contributed by atoms with E-state index >= 15 is 0 Å². The first-order valence-electron chi connectivity index (χ1n) is 8.82. The van der Waals surface area contributed by atoms with Crippen LogP contribution < -0.4 is 0 Å². The van der Waals surface area contributed by atoms with Gasteiger partial charge in [0.2, 0.25) is 0 Å². The number of carbonyl (C=O) groups excluding carboxylic acids is 2. The average molecular weight is 354 g/mol. The quantitative estimate of drug-likeness (QED) is 0.594. The number of aromatic amines is 1. The molecule has 1 aromatic carbocycles. The summed E-state index contributed by atoms with van der Waals surface area (Å²) < 4.78 is 0. The average Bonchev–Trinajstić information content (AvgIpc) is 3.29. The maximum Gasteiger partial charge on any atom is 0.189 e. The van der Waals surface area contributed by atoms with Crippen LogP contribution >= 0.6 is 11.8 Å². The number of H-pyrrole nitrogens is 1. The number of ketones is 2. The van der Waals surface area contributed by atoms with Gasteiger partial charge in [-0.2, -0.15) is 17.0 Å². The van der Waals surface area contributed by atoms with Gasteiger partial charge in [-0.15, -0.1) is 0 Å². The second kappa shape index (κ2) is 7.88. The van der Waals surface area contributed by atoms with Gasteiger partial charge in [0.05, 0.1) is 11.8 Å². The first-order chi connectivity index (χ1) is 12.2. The summed E-state index contributed by atoms with van der Waals surface area (Å²) in [6, 6.07) is 7.72. The molecule has 1 fully saturated rings. The number of carbonyl (C=O) groups is 2. The maximum absolute atomic E-state index is 12.8. The molecule has 1 aliphatic rings. The topological polar surface area (TPSA) is 73.7 Å². The summed E-state index contributed by atoms with van der Waals surface area (Å²) in [5.74, 6) is -1.63. The number of hydrogen-bond donors (Lipinski definition) is 1. The maximum atomic E-state index is 12.8. The Kier molecular flexibility index (Phi) is 5.60. The fourth-order valence-electron chi connectivity index (χ4n) is 3.49. The standard InChI is InChI=1S/C20H22N2O2S/c1-2-13-6-5-9-15-17(11-22-19(13)15)20(24)16(10-21)18(23)12-25-14-7-3-4-8-14/h5-6,9,11,14,16,22H,2-4,7-8,12H2,1H3/t16-/m0/s1. The van der Waals surface area contributed by atoms with Gasteiger partial charge in [-0.1, -0.05) is 38.0 Å². The number of nitrogens with one attached hydrogen (secondary N) is 1. The third-order valence-corrected chi connectivity index (χ3v) is 6.32. The third-order valence-electron chi connectivity index (χ3n) is 4.92. The Balaban J connectivity index is 1.78. The van der Waals surface area contributed by atoms with Crippen molar-refractivity contribution >= 4 is 34.2 Å². The van der Waals surface area contributed by atoms with E-state index in [1.165, 1.54) is 12.8 Å². The molecule has 1 saturated carbocycles. The summed E-state index contributed by atoms with van der Waals surface area (Å²) in [5.41, 5.74) is 2.47. The molecule has 130 valence electrons. The molecule has 0 bridgehead atoms. The van der Waals surface area contributed by atoms with Crippen molar-refractivity contribution in [1.82, 2.24) is 4.98 Å². The van der Waals surface area contributed by atoms with Crippen LogP contribution in [0.3, 0.4) is 0 Å². The number of aromatic nitrogens is 1. The number of rotatable bonds is 7. The second-order valence-corrected chi connectivity index (χ2v) is 7.79. The smallest absolute Gasteiger partial charge is 0.189 e. The normalized spacial score (nSPS) is 16.0. The molecule has 0 radical (unpaired) electrons. The molecular formula is C20H22N2O2S. The molecule has 3 rings (SSSR count). The summed E-state index contributed by atoms with van der Waals surface area (Å²) in [6.45, 7) is 2.05. The van der Waals surface area contributed by atoms with Crippen LogP contribution in [0, 0.1) is 17.2 Å². The molecule has 25 heavy (non-hydrogen) atoms.